The second-order valence-electron chi connectivity index (χ2n) is 5.55. The Morgan fingerprint density at radius 2 is 1.67 bits per heavy atom. The minimum atomic E-state index is -0.365. The summed E-state index contributed by atoms with van der Waals surface area (Å²) in [7, 11) is 0. The lowest BCUT2D eigenvalue weighted by Gasteiger charge is -2.18. The highest BCUT2D eigenvalue weighted by Gasteiger charge is 2.18. The Morgan fingerprint density at radius 1 is 1.04 bits per heavy atom. The van der Waals surface area contributed by atoms with Crippen LogP contribution in [0.1, 0.15) is 30.9 Å². The van der Waals surface area contributed by atoms with Crippen LogP contribution in [-0.4, -0.2) is 11.8 Å². The van der Waals surface area contributed by atoms with Gasteiger partial charge in [0.1, 0.15) is 0 Å². The third kappa shape index (κ3) is 4.29. The smallest absolute Gasteiger partial charge is 0.257 e. The molecule has 0 bridgehead atoms. The number of imide groups is 1. The zero-order valence-corrected chi connectivity index (χ0v) is 14.0. The van der Waals surface area contributed by atoms with Crippen molar-refractivity contribution in [1.82, 2.24) is 0 Å². The number of hydrogen-bond donors (Lipinski definition) is 0. The van der Waals surface area contributed by atoms with Gasteiger partial charge >= 0.3 is 0 Å². The number of benzene rings is 2. The first-order valence-electron chi connectivity index (χ1n) is 7.83. The number of carbonyl (C=O) groups is 2. The van der Waals surface area contributed by atoms with Crippen LogP contribution < -0.4 is 4.90 Å². The number of carbonyl (C=O) groups excluding carboxylic acids is 2. The van der Waals surface area contributed by atoms with Crippen molar-refractivity contribution in [1.29, 1.82) is 0 Å². The summed E-state index contributed by atoms with van der Waals surface area (Å²) in [6, 6.07) is 16.9. The number of amides is 2. The Hall–Kier alpha value is -2.94. The van der Waals surface area contributed by atoms with E-state index in [4.69, 9.17) is 0 Å². The van der Waals surface area contributed by atoms with Gasteiger partial charge < -0.3 is 0 Å². The number of anilines is 1. The molecule has 0 aromatic heterocycles. The molecule has 3 heteroatoms. The monoisotopic (exact) mass is 319 g/mol. The summed E-state index contributed by atoms with van der Waals surface area (Å²) in [5, 5.41) is 0. The molecule has 0 spiro atoms. The van der Waals surface area contributed by atoms with Crippen LogP contribution in [0.25, 0.3) is 6.08 Å². The molecule has 2 amide bonds. The molecule has 1 atom stereocenters. The summed E-state index contributed by atoms with van der Waals surface area (Å²) >= 11 is 0. The van der Waals surface area contributed by atoms with Crippen molar-refractivity contribution in [3.8, 4) is 0 Å². The van der Waals surface area contributed by atoms with Crippen molar-refractivity contribution in [2.75, 3.05) is 4.90 Å². The molecule has 1 unspecified atom stereocenters. The molecule has 0 heterocycles. The van der Waals surface area contributed by atoms with E-state index in [1.165, 1.54) is 17.9 Å². The largest absolute Gasteiger partial charge is 0.274 e. The maximum absolute atomic E-state index is 12.4. The van der Waals surface area contributed by atoms with E-state index < -0.39 is 0 Å². The lowest BCUT2D eigenvalue weighted by atomic mass is 10.0. The number of nitrogens with zero attached hydrogens (tertiary/aromatic N) is 1. The second-order valence-corrected chi connectivity index (χ2v) is 5.55. The van der Waals surface area contributed by atoms with Crippen LogP contribution >= 0.6 is 0 Å². The van der Waals surface area contributed by atoms with Crippen LogP contribution in [0.4, 0.5) is 5.69 Å². The van der Waals surface area contributed by atoms with Crippen LogP contribution in [0.5, 0.6) is 0 Å². The lowest BCUT2D eigenvalue weighted by molar-refractivity contribution is -0.122. The normalized spacial score (nSPS) is 11.9. The molecule has 0 aliphatic carbocycles. The first-order valence-corrected chi connectivity index (χ1v) is 7.83. The van der Waals surface area contributed by atoms with Crippen molar-refractivity contribution in [3.63, 3.8) is 0 Å². The quantitative estimate of drug-likeness (QED) is 0.598. The zero-order chi connectivity index (χ0) is 17.5. The second kappa shape index (κ2) is 8.06. The lowest BCUT2D eigenvalue weighted by Crippen LogP contribution is -2.33. The highest BCUT2D eigenvalue weighted by atomic mass is 16.2. The van der Waals surface area contributed by atoms with Gasteiger partial charge in [0.25, 0.3) is 5.91 Å². The summed E-state index contributed by atoms with van der Waals surface area (Å²) in [5.41, 5.74) is 2.55. The summed E-state index contributed by atoms with van der Waals surface area (Å²) in [5.74, 6) is -0.461. The van der Waals surface area contributed by atoms with E-state index in [2.05, 4.69) is 6.58 Å². The zero-order valence-electron chi connectivity index (χ0n) is 14.0. The Kier molecular flexibility index (Phi) is 5.85. The van der Waals surface area contributed by atoms with E-state index in [9.17, 15) is 9.59 Å². The molecule has 0 aliphatic heterocycles. The van der Waals surface area contributed by atoms with Gasteiger partial charge in [-0.25, -0.2) is 4.90 Å². The molecule has 0 N–H and O–H groups in total. The fraction of sp³-hybridized carbons (Fsp3) is 0.143. The molecule has 2 aromatic carbocycles. The molecule has 0 saturated carbocycles. The third-order valence-corrected chi connectivity index (χ3v) is 3.78. The molecule has 2 rings (SSSR count). The molecule has 0 fully saturated rings. The first kappa shape index (κ1) is 17.4. The van der Waals surface area contributed by atoms with Crippen molar-refractivity contribution in [2.45, 2.75) is 19.8 Å². The van der Waals surface area contributed by atoms with Crippen LogP contribution in [-0.2, 0) is 9.59 Å². The fourth-order valence-electron chi connectivity index (χ4n) is 2.33. The van der Waals surface area contributed by atoms with E-state index >= 15 is 0 Å². The van der Waals surface area contributed by atoms with Crippen LogP contribution in [0.2, 0.25) is 0 Å². The first-order chi connectivity index (χ1) is 11.5. The highest BCUT2D eigenvalue weighted by molar-refractivity contribution is 6.19. The van der Waals surface area contributed by atoms with Gasteiger partial charge in [-0.1, -0.05) is 55.5 Å². The van der Waals surface area contributed by atoms with Crippen LogP contribution in [0.3, 0.4) is 0 Å². The van der Waals surface area contributed by atoms with E-state index in [0.717, 1.165) is 11.1 Å². The summed E-state index contributed by atoms with van der Waals surface area (Å²) in [6.07, 6.45) is 4.97. The molecular weight excluding hydrogens is 298 g/mol. The van der Waals surface area contributed by atoms with E-state index in [0.29, 0.717) is 5.69 Å². The number of hydrogen-bond acceptors (Lipinski definition) is 2. The van der Waals surface area contributed by atoms with Crippen molar-refractivity contribution in [3.05, 3.63) is 84.5 Å². The van der Waals surface area contributed by atoms with Gasteiger partial charge in [-0.05, 0) is 35.3 Å². The van der Waals surface area contributed by atoms with Gasteiger partial charge in [0.05, 0.1) is 5.69 Å². The molecule has 0 saturated heterocycles. The molecule has 0 aliphatic rings. The maximum atomic E-state index is 12.4. The van der Waals surface area contributed by atoms with Crippen molar-refractivity contribution < 1.29 is 9.59 Å². The molecular formula is C21H21NO2. The Bertz CT molecular complexity index is 745. The topological polar surface area (TPSA) is 37.4 Å². The predicted molar refractivity (Wildman–Crippen MR) is 98.7 cm³/mol. The SMILES string of the molecule is C=CC(C)c1ccc(N(C(C)=O)C(=O)/C=C/c2ccccc2)cc1. The maximum Gasteiger partial charge on any atom is 0.257 e. The third-order valence-electron chi connectivity index (χ3n) is 3.78. The summed E-state index contributed by atoms with van der Waals surface area (Å²) in [4.78, 5) is 25.5. The van der Waals surface area contributed by atoms with E-state index in [1.807, 2.05) is 55.5 Å². The molecule has 3 nitrogen and oxygen atoms in total. The fourth-order valence-corrected chi connectivity index (χ4v) is 2.33. The van der Waals surface area contributed by atoms with Gasteiger partial charge in [-0.2, -0.15) is 0 Å². The predicted octanol–water partition coefficient (Wildman–Crippen LogP) is 4.57. The minimum Gasteiger partial charge on any atom is -0.274 e. The molecule has 2 aromatic rings. The Balaban J connectivity index is 2.22. The standard InChI is InChI=1S/C21H21NO2/c1-4-16(2)19-11-13-20(14-12-19)22(17(3)23)21(24)15-10-18-8-6-5-7-9-18/h4-16H,1H2,2-3H3/b15-10+. The van der Waals surface area contributed by atoms with Gasteiger partial charge in [0.15, 0.2) is 0 Å². The average Bonchev–Trinajstić information content (AvgIpc) is 2.60. The molecule has 122 valence electrons. The van der Waals surface area contributed by atoms with Crippen molar-refractivity contribution in [2.24, 2.45) is 0 Å². The number of allylic oxidation sites excluding steroid dienone is 1. The van der Waals surface area contributed by atoms with Crippen LogP contribution in [0, 0.1) is 0 Å². The average molecular weight is 319 g/mol. The van der Waals surface area contributed by atoms with Gasteiger partial charge in [-0.3, -0.25) is 9.59 Å². The van der Waals surface area contributed by atoms with Crippen molar-refractivity contribution >= 4 is 23.6 Å². The molecule has 0 radical (unpaired) electrons. The number of rotatable bonds is 5. The Labute approximate surface area is 142 Å². The van der Waals surface area contributed by atoms with Crippen LogP contribution in [0.15, 0.2) is 73.3 Å². The van der Waals surface area contributed by atoms with Gasteiger partial charge in [-0.15, -0.1) is 6.58 Å². The van der Waals surface area contributed by atoms with Gasteiger partial charge in [0, 0.05) is 13.0 Å². The van der Waals surface area contributed by atoms with E-state index in [1.54, 1.807) is 18.2 Å². The van der Waals surface area contributed by atoms with Gasteiger partial charge in [0.2, 0.25) is 5.91 Å². The molecule has 24 heavy (non-hydrogen) atoms. The summed E-state index contributed by atoms with van der Waals surface area (Å²) < 4.78 is 0. The van der Waals surface area contributed by atoms with E-state index in [-0.39, 0.29) is 17.7 Å². The minimum absolute atomic E-state index is 0.221. The summed E-state index contributed by atoms with van der Waals surface area (Å²) in [6.45, 7) is 7.20. The Morgan fingerprint density at radius 3 is 2.21 bits per heavy atom. The highest BCUT2D eigenvalue weighted by Crippen LogP contribution is 2.21.